The van der Waals surface area contributed by atoms with Gasteiger partial charge in [0.25, 0.3) is 0 Å². The Morgan fingerprint density at radius 1 is 1.00 bits per heavy atom. The summed E-state index contributed by atoms with van der Waals surface area (Å²) < 4.78 is 13.1. The van der Waals surface area contributed by atoms with Crippen LogP contribution < -0.4 is 11.1 Å². The predicted octanol–water partition coefficient (Wildman–Crippen LogP) is 4.16. The van der Waals surface area contributed by atoms with E-state index in [4.69, 9.17) is 5.73 Å². The molecule has 0 saturated heterocycles. The fraction of sp³-hybridized carbons (Fsp3) is 0.316. The second kappa shape index (κ2) is 6.63. The molecule has 0 spiro atoms. The van der Waals surface area contributed by atoms with Crippen molar-refractivity contribution in [3.8, 4) is 11.1 Å². The third kappa shape index (κ3) is 3.38. The van der Waals surface area contributed by atoms with E-state index in [0.717, 1.165) is 40.7 Å². The molecule has 1 aliphatic rings. The smallest absolute Gasteiger partial charge is 0.222 e. The maximum Gasteiger partial charge on any atom is 0.222 e. The predicted molar refractivity (Wildman–Crippen MR) is 97.6 cm³/mol. The van der Waals surface area contributed by atoms with Crippen molar-refractivity contribution in [3.05, 3.63) is 42.5 Å². The van der Waals surface area contributed by atoms with Crippen molar-refractivity contribution < 1.29 is 4.39 Å². The van der Waals surface area contributed by atoms with E-state index in [9.17, 15) is 4.39 Å². The van der Waals surface area contributed by atoms with E-state index in [1.807, 2.05) is 18.2 Å². The number of halogens is 1. The van der Waals surface area contributed by atoms with Gasteiger partial charge in [-0.05, 0) is 42.7 Å². The minimum absolute atomic E-state index is 0.266. The Kier molecular flexibility index (Phi) is 4.17. The molecule has 5 nitrogen and oxygen atoms in total. The first kappa shape index (κ1) is 15.7. The monoisotopic (exact) mass is 337 g/mol. The fourth-order valence-corrected chi connectivity index (χ4v) is 3.42. The number of benzene rings is 1. The molecule has 0 amide bonds. The molecular weight excluding hydrogens is 317 g/mol. The van der Waals surface area contributed by atoms with E-state index in [1.54, 1.807) is 6.07 Å². The van der Waals surface area contributed by atoms with Crippen LogP contribution in [0.4, 0.5) is 16.2 Å². The number of nitrogen functional groups attached to an aromatic ring is 1. The highest BCUT2D eigenvalue weighted by Gasteiger charge is 2.16. The second-order valence-electron chi connectivity index (χ2n) is 6.51. The molecule has 0 unspecified atom stereocenters. The maximum atomic E-state index is 13.1. The third-order valence-electron chi connectivity index (χ3n) is 4.72. The van der Waals surface area contributed by atoms with Crippen LogP contribution in [0.1, 0.15) is 32.1 Å². The lowest BCUT2D eigenvalue weighted by Gasteiger charge is -2.24. The van der Waals surface area contributed by atoms with Gasteiger partial charge in [0.1, 0.15) is 5.82 Å². The molecule has 2 aromatic heterocycles. The maximum absolute atomic E-state index is 13.1. The van der Waals surface area contributed by atoms with Crippen LogP contribution >= 0.6 is 0 Å². The summed E-state index contributed by atoms with van der Waals surface area (Å²) in [5.74, 6) is 0.550. The molecule has 0 atom stereocenters. The molecule has 4 rings (SSSR count). The molecule has 0 aliphatic heterocycles. The molecule has 0 bridgehead atoms. The number of anilines is 2. The van der Waals surface area contributed by atoms with Gasteiger partial charge in [0.05, 0.1) is 5.52 Å². The van der Waals surface area contributed by atoms with E-state index in [1.165, 1.54) is 31.5 Å². The zero-order chi connectivity index (χ0) is 17.2. The summed E-state index contributed by atoms with van der Waals surface area (Å²) >= 11 is 0. The van der Waals surface area contributed by atoms with Gasteiger partial charge in [-0.25, -0.2) is 9.97 Å². The first-order chi connectivity index (χ1) is 12.2. The molecule has 3 N–H and O–H groups in total. The number of hydrogen-bond acceptors (Lipinski definition) is 5. The van der Waals surface area contributed by atoms with E-state index in [0.29, 0.717) is 6.04 Å². The van der Waals surface area contributed by atoms with Crippen molar-refractivity contribution in [2.75, 3.05) is 11.1 Å². The number of nitrogens with one attached hydrogen (secondary N) is 1. The highest BCUT2D eigenvalue weighted by Crippen LogP contribution is 2.29. The van der Waals surface area contributed by atoms with Gasteiger partial charge in [-0.3, -0.25) is 0 Å². The average Bonchev–Trinajstić information content (AvgIpc) is 2.63. The van der Waals surface area contributed by atoms with Gasteiger partial charge in [-0.15, -0.1) is 0 Å². The Labute approximate surface area is 145 Å². The average molecular weight is 337 g/mol. The van der Waals surface area contributed by atoms with Crippen LogP contribution in [0.25, 0.3) is 22.0 Å². The van der Waals surface area contributed by atoms with Crippen LogP contribution in [0.15, 0.2) is 36.5 Å². The molecule has 128 valence electrons. The highest BCUT2D eigenvalue weighted by atomic mass is 19.1. The lowest BCUT2D eigenvalue weighted by atomic mass is 9.95. The molecule has 2 heterocycles. The van der Waals surface area contributed by atoms with Crippen molar-refractivity contribution in [2.45, 2.75) is 38.1 Å². The largest absolute Gasteiger partial charge is 0.368 e. The Hall–Kier alpha value is -2.76. The zero-order valence-corrected chi connectivity index (χ0v) is 13.9. The summed E-state index contributed by atoms with van der Waals surface area (Å²) in [6.07, 6.45) is 7.60. The van der Waals surface area contributed by atoms with Crippen molar-refractivity contribution in [3.63, 3.8) is 0 Å². The molecular formula is C19H20FN5. The Morgan fingerprint density at radius 3 is 2.56 bits per heavy atom. The number of rotatable bonds is 3. The lowest BCUT2D eigenvalue weighted by Crippen LogP contribution is -2.23. The van der Waals surface area contributed by atoms with E-state index < -0.39 is 5.95 Å². The van der Waals surface area contributed by atoms with E-state index in [-0.39, 0.29) is 5.95 Å². The van der Waals surface area contributed by atoms with Crippen molar-refractivity contribution in [1.82, 2.24) is 15.0 Å². The van der Waals surface area contributed by atoms with Crippen molar-refractivity contribution in [2.24, 2.45) is 0 Å². The van der Waals surface area contributed by atoms with Crippen LogP contribution in [0, 0.1) is 5.95 Å². The topological polar surface area (TPSA) is 76.7 Å². The first-order valence-corrected chi connectivity index (χ1v) is 8.65. The number of hydrogen-bond donors (Lipinski definition) is 2. The van der Waals surface area contributed by atoms with Crippen LogP contribution in [-0.2, 0) is 0 Å². The van der Waals surface area contributed by atoms with Gasteiger partial charge in [-0.2, -0.15) is 9.37 Å². The second-order valence-corrected chi connectivity index (χ2v) is 6.51. The normalized spacial score (nSPS) is 15.4. The summed E-state index contributed by atoms with van der Waals surface area (Å²) in [5, 5.41) is 4.46. The minimum Gasteiger partial charge on any atom is -0.368 e. The van der Waals surface area contributed by atoms with Gasteiger partial charge in [0, 0.05) is 23.2 Å². The molecule has 0 radical (unpaired) electrons. The Balaban J connectivity index is 1.75. The fourth-order valence-electron chi connectivity index (χ4n) is 3.42. The third-order valence-corrected chi connectivity index (χ3v) is 4.72. The summed E-state index contributed by atoms with van der Waals surface area (Å²) in [6.45, 7) is 0. The van der Waals surface area contributed by atoms with Gasteiger partial charge in [0.2, 0.25) is 11.9 Å². The number of aromatic nitrogens is 3. The summed E-state index contributed by atoms with van der Waals surface area (Å²) in [7, 11) is 0. The van der Waals surface area contributed by atoms with Crippen LogP contribution in [0.3, 0.4) is 0 Å². The number of nitrogens with two attached hydrogens (primary N) is 1. The van der Waals surface area contributed by atoms with Crippen molar-refractivity contribution in [1.29, 1.82) is 0 Å². The quantitative estimate of drug-likeness (QED) is 0.702. The summed E-state index contributed by atoms with van der Waals surface area (Å²) in [6, 6.07) is 9.36. The van der Waals surface area contributed by atoms with Crippen molar-refractivity contribution >= 4 is 22.7 Å². The minimum atomic E-state index is -0.486. The summed E-state index contributed by atoms with van der Waals surface area (Å²) in [4.78, 5) is 12.5. The molecule has 3 aromatic rings. The standard InChI is InChI=1S/C19H20FN5/c20-17-9-7-13(11-22-17)12-6-8-16-15(10-12)18(25-19(21)24-16)23-14-4-2-1-3-5-14/h6-11,14H,1-5H2,(H3,21,23,24,25). The molecule has 1 aliphatic carbocycles. The Bertz CT molecular complexity index is 888. The zero-order valence-electron chi connectivity index (χ0n) is 13.9. The molecule has 6 heteroatoms. The molecule has 1 aromatic carbocycles. The highest BCUT2D eigenvalue weighted by molar-refractivity contribution is 5.93. The van der Waals surface area contributed by atoms with Gasteiger partial charge in [0.15, 0.2) is 0 Å². The molecule has 1 fully saturated rings. The van der Waals surface area contributed by atoms with E-state index in [2.05, 4.69) is 20.3 Å². The van der Waals surface area contributed by atoms with Crippen LogP contribution in [0.5, 0.6) is 0 Å². The van der Waals surface area contributed by atoms with Gasteiger partial charge >= 0.3 is 0 Å². The SMILES string of the molecule is Nc1nc(NC2CCCCC2)c2cc(-c3ccc(F)nc3)ccc2n1. The lowest BCUT2D eigenvalue weighted by molar-refractivity contribution is 0.462. The number of nitrogens with zero attached hydrogens (tertiary/aromatic N) is 3. The molecule has 1 saturated carbocycles. The summed E-state index contributed by atoms with van der Waals surface area (Å²) in [5.41, 5.74) is 8.47. The van der Waals surface area contributed by atoms with Gasteiger partial charge < -0.3 is 11.1 Å². The first-order valence-electron chi connectivity index (χ1n) is 8.65. The van der Waals surface area contributed by atoms with Crippen LogP contribution in [-0.4, -0.2) is 21.0 Å². The number of fused-ring (bicyclic) bond motifs is 1. The number of pyridine rings is 1. The van der Waals surface area contributed by atoms with Crippen LogP contribution in [0.2, 0.25) is 0 Å². The van der Waals surface area contributed by atoms with E-state index >= 15 is 0 Å². The Morgan fingerprint density at radius 2 is 1.80 bits per heavy atom. The molecule has 25 heavy (non-hydrogen) atoms. The van der Waals surface area contributed by atoms with Gasteiger partial charge in [-0.1, -0.05) is 25.3 Å².